The first-order chi connectivity index (χ1) is 12.4. The summed E-state index contributed by atoms with van der Waals surface area (Å²) >= 11 is 0. The monoisotopic (exact) mass is 370 g/mol. The van der Waals surface area contributed by atoms with Crippen LogP contribution in [0.25, 0.3) is 0 Å². The third-order valence-corrected chi connectivity index (χ3v) is 6.50. The fourth-order valence-corrected chi connectivity index (χ4v) is 4.12. The smallest absolute Gasteiger partial charge is 0.238 e. The third kappa shape index (κ3) is 3.41. The topological polar surface area (TPSA) is 96.3 Å². The maximum Gasteiger partial charge on any atom is 0.238 e. The number of carbonyl (C=O) groups excluding carboxylic acids is 1. The second-order valence-electron chi connectivity index (χ2n) is 6.06. The van der Waals surface area contributed by atoms with Crippen LogP contribution in [0, 0.1) is 11.3 Å². The number of rotatable bonds is 4. The lowest BCUT2D eigenvalue weighted by Gasteiger charge is -2.27. The number of nitriles is 1. The molecule has 6 nitrogen and oxygen atoms in total. The minimum atomic E-state index is -3.84. The maximum atomic E-state index is 12.7. The van der Waals surface area contributed by atoms with E-state index in [0.717, 1.165) is 5.56 Å². The van der Waals surface area contributed by atoms with E-state index in [1.807, 2.05) is 30.3 Å². The molecule has 0 fully saturated rings. The number of ether oxygens (including phenoxy) is 1. The summed E-state index contributed by atoms with van der Waals surface area (Å²) in [6.07, 6.45) is 0.576. The molecule has 3 rings (SSSR count). The second-order valence-corrected chi connectivity index (χ2v) is 8.33. The number of para-hydroxylation sites is 1. The Bertz CT molecular complexity index is 962. The van der Waals surface area contributed by atoms with Crippen molar-refractivity contribution in [2.75, 3.05) is 6.61 Å². The first-order valence-electron chi connectivity index (χ1n) is 8.19. The SMILES string of the molecule is C[C@H](C(=O)N[C@@H]1CCOc2ccccc21)S(=O)(=O)c1ccc(C#N)cc1. The van der Waals surface area contributed by atoms with E-state index in [9.17, 15) is 13.2 Å². The quantitative estimate of drug-likeness (QED) is 0.891. The van der Waals surface area contributed by atoms with Crippen molar-refractivity contribution in [3.05, 3.63) is 59.7 Å². The van der Waals surface area contributed by atoms with E-state index in [1.165, 1.54) is 31.2 Å². The highest BCUT2D eigenvalue weighted by molar-refractivity contribution is 7.92. The molecule has 0 unspecified atom stereocenters. The van der Waals surface area contributed by atoms with E-state index in [2.05, 4.69) is 5.32 Å². The van der Waals surface area contributed by atoms with Gasteiger partial charge in [-0.2, -0.15) is 5.26 Å². The summed E-state index contributed by atoms with van der Waals surface area (Å²) in [6, 6.07) is 14.6. The number of carbonyl (C=O) groups is 1. The molecule has 1 aliphatic rings. The standard InChI is InChI=1S/C19H18N2O4S/c1-13(26(23,24)15-8-6-14(12-20)7-9-15)19(22)21-17-10-11-25-18-5-3-2-4-16(17)18/h2-9,13,17H,10-11H2,1H3,(H,21,22)/t13-,17-/m1/s1. The molecule has 0 aliphatic carbocycles. The van der Waals surface area contributed by atoms with Crippen LogP contribution in [-0.2, 0) is 14.6 Å². The van der Waals surface area contributed by atoms with Crippen LogP contribution in [0.4, 0.5) is 0 Å². The molecule has 1 aliphatic heterocycles. The molecule has 0 spiro atoms. The van der Waals surface area contributed by atoms with Gasteiger partial charge in [-0.25, -0.2) is 8.42 Å². The molecular weight excluding hydrogens is 352 g/mol. The molecular formula is C19H18N2O4S. The summed E-state index contributed by atoms with van der Waals surface area (Å²) in [5.41, 5.74) is 1.20. The largest absolute Gasteiger partial charge is 0.493 e. The van der Waals surface area contributed by atoms with Gasteiger partial charge in [0.15, 0.2) is 9.84 Å². The van der Waals surface area contributed by atoms with Crippen molar-refractivity contribution < 1.29 is 17.9 Å². The van der Waals surface area contributed by atoms with Gasteiger partial charge in [-0.15, -0.1) is 0 Å². The van der Waals surface area contributed by atoms with Gasteiger partial charge in [-0.3, -0.25) is 4.79 Å². The van der Waals surface area contributed by atoms with Gasteiger partial charge < -0.3 is 10.1 Å². The fraction of sp³-hybridized carbons (Fsp3) is 0.263. The zero-order valence-corrected chi connectivity index (χ0v) is 15.0. The highest BCUT2D eigenvalue weighted by atomic mass is 32.2. The number of sulfone groups is 1. The Morgan fingerprint density at radius 3 is 2.62 bits per heavy atom. The van der Waals surface area contributed by atoms with Gasteiger partial charge >= 0.3 is 0 Å². The first-order valence-corrected chi connectivity index (χ1v) is 9.74. The van der Waals surface area contributed by atoms with Crippen LogP contribution in [0.2, 0.25) is 0 Å². The first kappa shape index (κ1) is 18.0. The van der Waals surface area contributed by atoms with Crippen molar-refractivity contribution in [3.8, 4) is 11.8 Å². The number of nitrogens with zero attached hydrogens (tertiary/aromatic N) is 1. The number of benzene rings is 2. The molecule has 134 valence electrons. The van der Waals surface area contributed by atoms with E-state index in [4.69, 9.17) is 10.00 Å². The van der Waals surface area contributed by atoms with Gasteiger partial charge in [0.05, 0.1) is 29.2 Å². The van der Waals surface area contributed by atoms with Crippen LogP contribution in [0.3, 0.4) is 0 Å². The minimum Gasteiger partial charge on any atom is -0.493 e. The number of hydrogen-bond acceptors (Lipinski definition) is 5. The summed E-state index contributed by atoms with van der Waals surface area (Å²) in [6.45, 7) is 1.83. The number of hydrogen-bond donors (Lipinski definition) is 1. The summed E-state index contributed by atoms with van der Waals surface area (Å²) in [7, 11) is -3.84. The average Bonchev–Trinajstić information content (AvgIpc) is 2.67. The third-order valence-electron chi connectivity index (χ3n) is 4.42. The molecule has 7 heteroatoms. The molecule has 0 aromatic heterocycles. The average molecular weight is 370 g/mol. The lowest BCUT2D eigenvalue weighted by atomic mass is 10.0. The molecule has 0 saturated carbocycles. The predicted octanol–water partition coefficient (Wildman–Crippen LogP) is 2.36. The fourth-order valence-electron chi connectivity index (χ4n) is 2.85. The Balaban J connectivity index is 1.78. The summed E-state index contributed by atoms with van der Waals surface area (Å²) in [5, 5.41) is 10.4. The summed E-state index contributed by atoms with van der Waals surface area (Å²) < 4.78 is 30.9. The van der Waals surface area contributed by atoms with Gasteiger partial charge in [-0.1, -0.05) is 18.2 Å². The zero-order chi connectivity index (χ0) is 18.7. The van der Waals surface area contributed by atoms with Crippen LogP contribution in [-0.4, -0.2) is 26.2 Å². The number of fused-ring (bicyclic) bond motifs is 1. The van der Waals surface area contributed by atoms with Crippen molar-refractivity contribution in [3.63, 3.8) is 0 Å². The normalized spacial score (nSPS) is 17.3. The van der Waals surface area contributed by atoms with Gasteiger partial charge in [0.1, 0.15) is 11.0 Å². The number of nitrogens with one attached hydrogen (secondary N) is 1. The van der Waals surface area contributed by atoms with E-state index < -0.39 is 21.0 Å². The lowest BCUT2D eigenvalue weighted by Crippen LogP contribution is -2.41. The van der Waals surface area contributed by atoms with Gasteiger partial charge in [0.25, 0.3) is 0 Å². The summed E-state index contributed by atoms with van der Waals surface area (Å²) in [5.74, 6) is 0.141. The van der Waals surface area contributed by atoms with Crippen LogP contribution in [0.5, 0.6) is 5.75 Å². The molecule has 26 heavy (non-hydrogen) atoms. The van der Waals surface area contributed by atoms with Crippen LogP contribution < -0.4 is 10.1 Å². The number of amides is 1. The van der Waals surface area contributed by atoms with Gasteiger partial charge in [-0.05, 0) is 37.3 Å². The molecule has 2 aromatic rings. The maximum absolute atomic E-state index is 12.7. The van der Waals surface area contributed by atoms with Gasteiger partial charge in [0, 0.05) is 12.0 Å². The van der Waals surface area contributed by atoms with Crippen molar-refractivity contribution in [1.82, 2.24) is 5.32 Å². The molecule has 1 N–H and O–H groups in total. The Hall–Kier alpha value is -2.85. The Labute approximate surface area is 152 Å². The Morgan fingerprint density at radius 2 is 1.92 bits per heavy atom. The minimum absolute atomic E-state index is 0.0199. The van der Waals surface area contributed by atoms with Crippen LogP contribution >= 0.6 is 0 Å². The molecule has 2 aromatic carbocycles. The van der Waals surface area contributed by atoms with E-state index in [0.29, 0.717) is 24.3 Å². The van der Waals surface area contributed by atoms with E-state index in [1.54, 1.807) is 0 Å². The molecule has 1 heterocycles. The van der Waals surface area contributed by atoms with Crippen molar-refractivity contribution in [2.24, 2.45) is 0 Å². The molecule has 1 amide bonds. The van der Waals surface area contributed by atoms with Crippen LogP contribution in [0.1, 0.15) is 30.5 Å². The van der Waals surface area contributed by atoms with Crippen molar-refractivity contribution in [1.29, 1.82) is 5.26 Å². The molecule has 0 radical (unpaired) electrons. The molecule has 0 saturated heterocycles. The van der Waals surface area contributed by atoms with Crippen molar-refractivity contribution >= 4 is 15.7 Å². The van der Waals surface area contributed by atoms with Crippen LogP contribution in [0.15, 0.2) is 53.4 Å². The summed E-state index contributed by atoms with van der Waals surface area (Å²) in [4.78, 5) is 12.6. The highest BCUT2D eigenvalue weighted by Gasteiger charge is 2.32. The Kier molecular flexibility index (Phi) is 4.96. The lowest BCUT2D eigenvalue weighted by molar-refractivity contribution is -0.121. The van der Waals surface area contributed by atoms with E-state index in [-0.39, 0.29) is 10.9 Å². The van der Waals surface area contributed by atoms with E-state index >= 15 is 0 Å². The predicted molar refractivity (Wildman–Crippen MR) is 95.2 cm³/mol. The molecule has 2 atom stereocenters. The zero-order valence-electron chi connectivity index (χ0n) is 14.2. The highest BCUT2D eigenvalue weighted by Crippen LogP contribution is 2.31. The molecule has 0 bridgehead atoms. The second kappa shape index (κ2) is 7.18. The van der Waals surface area contributed by atoms with Gasteiger partial charge in [0.2, 0.25) is 5.91 Å². The van der Waals surface area contributed by atoms with Crippen molar-refractivity contribution in [2.45, 2.75) is 29.5 Å². The Morgan fingerprint density at radius 1 is 1.23 bits per heavy atom.